The Balaban J connectivity index is 2.65. The Morgan fingerprint density at radius 2 is 1.95 bits per heavy atom. The predicted octanol–water partition coefficient (Wildman–Crippen LogP) is 2.31. The van der Waals surface area contributed by atoms with Gasteiger partial charge < -0.3 is 15.7 Å². The van der Waals surface area contributed by atoms with Gasteiger partial charge in [-0.2, -0.15) is 0 Å². The monoisotopic (exact) mass is 299 g/mol. The number of aryl methyl sites for hydroxylation is 1. The average molecular weight is 299 g/mol. The van der Waals surface area contributed by atoms with Crippen molar-refractivity contribution in [2.75, 3.05) is 0 Å². The van der Waals surface area contributed by atoms with Gasteiger partial charge in [0.05, 0.1) is 6.04 Å². The standard InChI is InChI=1S/C13H21N3O3S/c1-7-6-14-10(20-7)8(2)15-12(19)16-9(11(17)18)13(3,4)5/h6,8-9H,1-5H3,(H,17,18)(H2,15,16,19)/t8?,9-/m1/s1. The summed E-state index contributed by atoms with van der Waals surface area (Å²) < 4.78 is 0. The molecule has 0 spiro atoms. The lowest BCUT2D eigenvalue weighted by Crippen LogP contribution is -2.52. The summed E-state index contributed by atoms with van der Waals surface area (Å²) in [7, 11) is 0. The maximum absolute atomic E-state index is 11.9. The van der Waals surface area contributed by atoms with Crippen molar-refractivity contribution in [3.63, 3.8) is 0 Å². The first kappa shape index (κ1) is 16.4. The summed E-state index contributed by atoms with van der Waals surface area (Å²) in [6.07, 6.45) is 1.74. The highest BCUT2D eigenvalue weighted by atomic mass is 32.1. The largest absolute Gasteiger partial charge is 0.480 e. The quantitative estimate of drug-likeness (QED) is 0.795. The molecule has 20 heavy (non-hydrogen) atoms. The van der Waals surface area contributed by atoms with E-state index in [0.717, 1.165) is 9.88 Å². The number of amides is 2. The summed E-state index contributed by atoms with van der Waals surface area (Å²) in [5.74, 6) is -1.05. The van der Waals surface area contributed by atoms with Gasteiger partial charge in [0.15, 0.2) is 0 Å². The Hall–Kier alpha value is -1.63. The molecule has 1 aromatic heterocycles. The Labute approximate surface area is 122 Å². The number of nitrogens with one attached hydrogen (secondary N) is 2. The van der Waals surface area contributed by atoms with Gasteiger partial charge >= 0.3 is 12.0 Å². The predicted molar refractivity (Wildman–Crippen MR) is 77.8 cm³/mol. The molecule has 112 valence electrons. The van der Waals surface area contributed by atoms with Crippen LogP contribution in [-0.2, 0) is 4.79 Å². The lowest BCUT2D eigenvalue weighted by Gasteiger charge is -2.28. The van der Waals surface area contributed by atoms with Crippen molar-refractivity contribution < 1.29 is 14.7 Å². The van der Waals surface area contributed by atoms with Gasteiger partial charge in [0.2, 0.25) is 0 Å². The first-order valence-electron chi connectivity index (χ1n) is 6.33. The normalized spacial score (nSPS) is 14.4. The lowest BCUT2D eigenvalue weighted by atomic mass is 9.87. The molecule has 0 aromatic carbocycles. The van der Waals surface area contributed by atoms with E-state index < -0.39 is 23.5 Å². The molecule has 0 fully saturated rings. The topological polar surface area (TPSA) is 91.3 Å². The number of aliphatic carboxylic acids is 1. The molecule has 3 N–H and O–H groups in total. The molecule has 1 aromatic rings. The maximum Gasteiger partial charge on any atom is 0.326 e. The highest BCUT2D eigenvalue weighted by Gasteiger charge is 2.32. The molecule has 0 aliphatic carbocycles. The fraction of sp³-hybridized carbons (Fsp3) is 0.615. The van der Waals surface area contributed by atoms with Crippen LogP contribution in [-0.4, -0.2) is 28.1 Å². The van der Waals surface area contributed by atoms with Crippen LogP contribution in [0.25, 0.3) is 0 Å². The number of rotatable bonds is 4. The Morgan fingerprint density at radius 3 is 2.35 bits per heavy atom. The van der Waals surface area contributed by atoms with Crippen molar-refractivity contribution in [3.05, 3.63) is 16.1 Å². The van der Waals surface area contributed by atoms with E-state index in [0.29, 0.717) is 0 Å². The van der Waals surface area contributed by atoms with Gasteiger partial charge in [-0.05, 0) is 19.3 Å². The maximum atomic E-state index is 11.9. The molecule has 1 unspecified atom stereocenters. The highest BCUT2D eigenvalue weighted by molar-refractivity contribution is 7.11. The molecule has 0 bridgehead atoms. The van der Waals surface area contributed by atoms with Gasteiger partial charge in [-0.3, -0.25) is 0 Å². The van der Waals surface area contributed by atoms with Crippen molar-refractivity contribution in [2.24, 2.45) is 5.41 Å². The van der Waals surface area contributed by atoms with Crippen LogP contribution in [0.2, 0.25) is 0 Å². The zero-order valence-corrected chi connectivity index (χ0v) is 13.2. The van der Waals surface area contributed by atoms with E-state index in [1.54, 1.807) is 27.0 Å². The summed E-state index contributed by atoms with van der Waals surface area (Å²) >= 11 is 1.50. The minimum Gasteiger partial charge on any atom is -0.480 e. The van der Waals surface area contributed by atoms with E-state index in [1.807, 2.05) is 13.8 Å². The summed E-state index contributed by atoms with van der Waals surface area (Å²) in [5, 5.41) is 15.1. The number of thiazole rings is 1. The van der Waals surface area contributed by atoms with Crippen molar-refractivity contribution in [3.8, 4) is 0 Å². The number of carboxylic acid groups (broad SMARTS) is 1. The SMILES string of the molecule is Cc1cnc(C(C)NC(=O)N[C@H](C(=O)O)C(C)(C)C)s1. The fourth-order valence-corrected chi connectivity index (χ4v) is 2.43. The van der Waals surface area contributed by atoms with E-state index in [4.69, 9.17) is 5.11 Å². The number of carbonyl (C=O) groups is 2. The first-order valence-corrected chi connectivity index (χ1v) is 7.15. The summed E-state index contributed by atoms with van der Waals surface area (Å²) in [6.45, 7) is 9.04. The average Bonchev–Trinajstić information content (AvgIpc) is 2.70. The van der Waals surface area contributed by atoms with E-state index in [2.05, 4.69) is 15.6 Å². The zero-order valence-electron chi connectivity index (χ0n) is 12.4. The fourth-order valence-electron chi connectivity index (χ4n) is 1.65. The second-order valence-corrected chi connectivity index (χ2v) is 7.05. The van der Waals surface area contributed by atoms with Gasteiger partial charge in [-0.1, -0.05) is 20.8 Å². The number of urea groups is 1. The third kappa shape index (κ3) is 4.48. The molecule has 2 amide bonds. The van der Waals surface area contributed by atoms with E-state index >= 15 is 0 Å². The number of hydrogen-bond donors (Lipinski definition) is 3. The zero-order chi connectivity index (χ0) is 15.5. The second-order valence-electron chi connectivity index (χ2n) is 5.79. The molecule has 6 nitrogen and oxygen atoms in total. The molecule has 0 aliphatic rings. The van der Waals surface area contributed by atoms with E-state index in [-0.39, 0.29) is 6.04 Å². The van der Waals surface area contributed by atoms with Crippen LogP contribution < -0.4 is 10.6 Å². The minimum absolute atomic E-state index is 0.261. The van der Waals surface area contributed by atoms with E-state index in [9.17, 15) is 9.59 Å². The Morgan fingerprint density at radius 1 is 1.35 bits per heavy atom. The van der Waals surface area contributed by atoms with Crippen molar-refractivity contribution in [1.82, 2.24) is 15.6 Å². The molecule has 2 atom stereocenters. The van der Waals surface area contributed by atoms with Gasteiger partial charge in [0.1, 0.15) is 11.0 Å². The summed E-state index contributed by atoms with van der Waals surface area (Å²) in [6, 6.07) is -1.72. The number of nitrogens with zero attached hydrogens (tertiary/aromatic N) is 1. The van der Waals surface area contributed by atoms with Crippen LogP contribution in [0.15, 0.2) is 6.20 Å². The number of hydrogen-bond acceptors (Lipinski definition) is 4. The van der Waals surface area contributed by atoms with Crippen LogP contribution in [0.5, 0.6) is 0 Å². The number of aromatic nitrogens is 1. The molecule has 0 saturated heterocycles. The van der Waals surface area contributed by atoms with Gasteiger partial charge in [-0.15, -0.1) is 11.3 Å². The van der Waals surface area contributed by atoms with Crippen LogP contribution in [0, 0.1) is 12.3 Å². The lowest BCUT2D eigenvalue weighted by molar-refractivity contribution is -0.141. The van der Waals surface area contributed by atoms with E-state index in [1.165, 1.54) is 11.3 Å². The van der Waals surface area contributed by atoms with Crippen LogP contribution in [0.3, 0.4) is 0 Å². The molecule has 0 saturated carbocycles. The Bertz CT molecular complexity index is 493. The molecular weight excluding hydrogens is 278 g/mol. The third-order valence-electron chi connectivity index (χ3n) is 2.75. The van der Waals surface area contributed by atoms with Crippen molar-refractivity contribution in [1.29, 1.82) is 0 Å². The molecule has 0 aliphatic heterocycles. The number of carboxylic acids is 1. The highest BCUT2D eigenvalue weighted by Crippen LogP contribution is 2.21. The van der Waals surface area contributed by atoms with Crippen LogP contribution in [0.1, 0.15) is 43.6 Å². The van der Waals surface area contributed by atoms with Crippen molar-refractivity contribution >= 4 is 23.3 Å². The number of carbonyl (C=O) groups excluding carboxylic acids is 1. The van der Waals surface area contributed by atoms with Crippen LogP contribution >= 0.6 is 11.3 Å². The van der Waals surface area contributed by atoms with Crippen LogP contribution in [0.4, 0.5) is 4.79 Å². The first-order chi connectivity index (χ1) is 9.11. The van der Waals surface area contributed by atoms with Crippen molar-refractivity contribution in [2.45, 2.75) is 46.7 Å². The Kier molecular flexibility index (Phi) is 5.10. The third-order valence-corrected chi connectivity index (χ3v) is 3.84. The molecule has 7 heteroatoms. The molecular formula is C13H21N3O3S. The van der Waals surface area contributed by atoms with Gasteiger partial charge in [-0.25, -0.2) is 14.6 Å². The minimum atomic E-state index is -1.05. The smallest absolute Gasteiger partial charge is 0.326 e. The summed E-state index contributed by atoms with van der Waals surface area (Å²) in [4.78, 5) is 28.3. The molecule has 1 heterocycles. The van der Waals surface area contributed by atoms with Gasteiger partial charge in [0.25, 0.3) is 0 Å². The van der Waals surface area contributed by atoms with Gasteiger partial charge in [0, 0.05) is 11.1 Å². The summed E-state index contributed by atoms with van der Waals surface area (Å²) in [5.41, 5.74) is -0.565. The second kappa shape index (κ2) is 6.21. The molecule has 1 rings (SSSR count). The molecule has 0 radical (unpaired) electrons.